The van der Waals surface area contributed by atoms with Crippen LogP contribution in [0.25, 0.3) is 0 Å². The van der Waals surface area contributed by atoms with E-state index in [0.717, 1.165) is 12.3 Å². The summed E-state index contributed by atoms with van der Waals surface area (Å²) in [5.74, 6) is 0.777. The summed E-state index contributed by atoms with van der Waals surface area (Å²) in [4.78, 5) is 4.35. The molecule has 0 aromatic heterocycles. The Morgan fingerprint density at radius 3 is 2.86 bits per heavy atom. The molecule has 0 saturated carbocycles. The largest absolute Gasteiger partial charge is 0.292 e. The van der Waals surface area contributed by atoms with Crippen molar-refractivity contribution in [2.45, 2.75) is 40.0 Å². The highest BCUT2D eigenvalue weighted by atomic mass is 14.7. The van der Waals surface area contributed by atoms with Crippen LogP contribution in [-0.2, 0) is 0 Å². The molecule has 0 radical (unpaired) electrons. The number of hydrogen-bond acceptors (Lipinski definition) is 1. The van der Waals surface area contributed by atoms with Gasteiger partial charge in [0.05, 0.1) is 0 Å². The van der Waals surface area contributed by atoms with Crippen LogP contribution in [0.15, 0.2) is 28.3 Å². The number of nitrogens with zero attached hydrogens (tertiary/aromatic N) is 1. The summed E-state index contributed by atoms with van der Waals surface area (Å²) in [7, 11) is 1.89. The molecule has 0 aromatic rings. The molecule has 0 aliphatic heterocycles. The second kappa shape index (κ2) is 5.14. The van der Waals surface area contributed by atoms with Crippen LogP contribution >= 0.6 is 0 Å². The van der Waals surface area contributed by atoms with E-state index in [0.29, 0.717) is 0 Å². The van der Waals surface area contributed by atoms with E-state index in [-0.39, 0.29) is 0 Å². The molecule has 1 atom stereocenters. The Hall–Kier alpha value is -0.850. The third-order valence-electron chi connectivity index (χ3n) is 2.85. The fourth-order valence-corrected chi connectivity index (χ4v) is 2.09. The molecule has 0 spiro atoms. The topological polar surface area (TPSA) is 12.4 Å². The van der Waals surface area contributed by atoms with Crippen LogP contribution in [0.1, 0.15) is 40.0 Å². The molecule has 0 N–H and O–H groups in total. The van der Waals surface area contributed by atoms with Gasteiger partial charge in [0, 0.05) is 12.8 Å². The van der Waals surface area contributed by atoms with Crippen molar-refractivity contribution in [1.29, 1.82) is 0 Å². The fourth-order valence-electron chi connectivity index (χ4n) is 2.09. The summed E-state index contributed by atoms with van der Waals surface area (Å²) in [5.41, 5.74) is 4.11. The van der Waals surface area contributed by atoms with Crippen molar-refractivity contribution in [3.63, 3.8) is 0 Å². The van der Waals surface area contributed by atoms with Crippen molar-refractivity contribution in [2.24, 2.45) is 10.9 Å². The quantitative estimate of drug-likeness (QED) is 0.589. The lowest BCUT2D eigenvalue weighted by molar-refractivity contribution is 0.590. The molecule has 1 nitrogen and oxygen atoms in total. The Balaban J connectivity index is 2.99. The zero-order valence-electron chi connectivity index (χ0n) is 9.80. The van der Waals surface area contributed by atoms with Gasteiger partial charge in [0.1, 0.15) is 0 Å². The number of aliphatic imine (C=N–C) groups is 1. The van der Waals surface area contributed by atoms with Gasteiger partial charge in [0.15, 0.2) is 0 Å². The average Bonchev–Trinajstić information content (AvgIpc) is 2.31. The third kappa shape index (κ3) is 2.57. The third-order valence-corrected chi connectivity index (χ3v) is 2.85. The molecule has 1 aliphatic carbocycles. The first-order valence-corrected chi connectivity index (χ1v) is 5.51. The van der Waals surface area contributed by atoms with E-state index in [2.05, 4.69) is 37.9 Å². The van der Waals surface area contributed by atoms with E-state index in [1.807, 2.05) is 7.05 Å². The summed E-state index contributed by atoms with van der Waals surface area (Å²) in [6.07, 6.45) is 7.98. The van der Waals surface area contributed by atoms with Crippen LogP contribution in [0.3, 0.4) is 0 Å². The molecule has 14 heavy (non-hydrogen) atoms. The summed E-state index contributed by atoms with van der Waals surface area (Å²) in [6, 6.07) is 0. The normalized spacial score (nSPS) is 24.0. The zero-order valence-corrected chi connectivity index (χ0v) is 9.80. The van der Waals surface area contributed by atoms with E-state index >= 15 is 0 Å². The van der Waals surface area contributed by atoms with Gasteiger partial charge in [-0.25, -0.2) is 0 Å². The van der Waals surface area contributed by atoms with Gasteiger partial charge < -0.3 is 0 Å². The Labute approximate surface area is 87.6 Å². The van der Waals surface area contributed by atoms with Crippen LogP contribution in [0.2, 0.25) is 0 Å². The molecule has 1 rings (SSSR count). The highest BCUT2D eigenvalue weighted by Crippen LogP contribution is 2.24. The van der Waals surface area contributed by atoms with Gasteiger partial charge in [0.2, 0.25) is 0 Å². The predicted octanol–water partition coefficient (Wildman–Crippen LogP) is 3.77. The fraction of sp³-hybridized carbons (Fsp3) is 0.615. The molecular formula is C13H21N. The second-order valence-corrected chi connectivity index (χ2v) is 4.17. The van der Waals surface area contributed by atoms with E-state index in [1.165, 1.54) is 29.7 Å². The van der Waals surface area contributed by atoms with E-state index < -0.39 is 0 Å². The van der Waals surface area contributed by atoms with Gasteiger partial charge in [-0.15, -0.1) is 0 Å². The van der Waals surface area contributed by atoms with Crippen LogP contribution in [-0.4, -0.2) is 12.8 Å². The molecule has 0 aromatic carbocycles. The van der Waals surface area contributed by atoms with Crippen molar-refractivity contribution < 1.29 is 0 Å². The van der Waals surface area contributed by atoms with Crippen LogP contribution in [0.5, 0.6) is 0 Å². The van der Waals surface area contributed by atoms with Crippen molar-refractivity contribution in [3.05, 3.63) is 23.3 Å². The van der Waals surface area contributed by atoms with Gasteiger partial charge in [-0.1, -0.05) is 31.6 Å². The lowest BCUT2D eigenvalue weighted by Crippen LogP contribution is -2.02. The molecule has 0 fully saturated rings. The highest BCUT2D eigenvalue weighted by molar-refractivity contribution is 6.02. The number of allylic oxidation sites excluding steroid dienone is 4. The Morgan fingerprint density at radius 2 is 2.29 bits per heavy atom. The van der Waals surface area contributed by atoms with Gasteiger partial charge in [-0.05, 0) is 37.7 Å². The molecule has 1 aliphatic rings. The minimum Gasteiger partial charge on any atom is -0.292 e. The molecule has 0 amide bonds. The van der Waals surface area contributed by atoms with Gasteiger partial charge in [-0.2, -0.15) is 0 Å². The minimum atomic E-state index is 0.777. The molecular weight excluding hydrogens is 170 g/mol. The van der Waals surface area contributed by atoms with E-state index in [9.17, 15) is 0 Å². The van der Waals surface area contributed by atoms with Crippen LogP contribution in [0.4, 0.5) is 0 Å². The average molecular weight is 191 g/mol. The van der Waals surface area contributed by atoms with Gasteiger partial charge >= 0.3 is 0 Å². The molecule has 1 heteroatoms. The number of hydrogen-bond donors (Lipinski definition) is 0. The van der Waals surface area contributed by atoms with Crippen LogP contribution < -0.4 is 0 Å². The monoisotopic (exact) mass is 191 g/mol. The first-order chi connectivity index (χ1) is 6.69. The summed E-state index contributed by atoms with van der Waals surface area (Å²) >= 11 is 0. The van der Waals surface area contributed by atoms with Crippen LogP contribution in [0, 0.1) is 5.92 Å². The summed E-state index contributed by atoms with van der Waals surface area (Å²) in [5, 5.41) is 0. The molecule has 0 bridgehead atoms. The van der Waals surface area contributed by atoms with E-state index in [4.69, 9.17) is 0 Å². The molecule has 0 heterocycles. The summed E-state index contributed by atoms with van der Waals surface area (Å²) < 4.78 is 0. The zero-order chi connectivity index (χ0) is 10.6. The van der Waals surface area contributed by atoms with Crippen molar-refractivity contribution in [1.82, 2.24) is 0 Å². The van der Waals surface area contributed by atoms with E-state index in [1.54, 1.807) is 0 Å². The maximum atomic E-state index is 4.35. The lowest BCUT2D eigenvalue weighted by atomic mass is 9.96. The highest BCUT2D eigenvalue weighted by Gasteiger charge is 2.11. The standard InChI is InChI=1S/C13H21N/c1-5-13(14-4)12-8-6-7-10(2)9-11(12)3/h6,8,10H,5,7,9H2,1-4H3. The SMILES string of the molecule is CCC(=NC)C1=C(C)CC(C)CC=C1. The smallest absolute Gasteiger partial charge is 0.0413 e. The molecule has 1 unspecified atom stereocenters. The lowest BCUT2D eigenvalue weighted by Gasteiger charge is -2.10. The van der Waals surface area contributed by atoms with Crippen molar-refractivity contribution in [2.75, 3.05) is 7.05 Å². The maximum absolute atomic E-state index is 4.35. The Kier molecular flexibility index (Phi) is 4.12. The minimum absolute atomic E-state index is 0.777. The van der Waals surface area contributed by atoms with Crippen molar-refractivity contribution in [3.8, 4) is 0 Å². The van der Waals surface area contributed by atoms with Gasteiger partial charge in [-0.3, -0.25) is 4.99 Å². The van der Waals surface area contributed by atoms with Gasteiger partial charge in [0.25, 0.3) is 0 Å². The predicted molar refractivity (Wildman–Crippen MR) is 63.9 cm³/mol. The Morgan fingerprint density at radius 1 is 1.57 bits per heavy atom. The first-order valence-electron chi connectivity index (χ1n) is 5.51. The summed E-state index contributed by atoms with van der Waals surface area (Å²) in [6.45, 7) is 6.72. The second-order valence-electron chi connectivity index (χ2n) is 4.17. The number of rotatable bonds is 2. The molecule has 0 saturated heterocycles. The maximum Gasteiger partial charge on any atom is 0.0413 e. The Bertz CT molecular complexity index is 282. The molecule has 78 valence electrons. The van der Waals surface area contributed by atoms with Crippen molar-refractivity contribution >= 4 is 5.71 Å². The first kappa shape index (κ1) is 11.2.